The third-order valence-electron chi connectivity index (χ3n) is 5.00. The highest BCUT2D eigenvalue weighted by atomic mass is 35.5. The molecule has 1 aliphatic heterocycles. The Kier molecular flexibility index (Phi) is 4.74. The van der Waals surface area contributed by atoms with Crippen LogP contribution in [0.4, 0.5) is 10.7 Å². The maximum Gasteiger partial charge on any atom is 0.318 e. The van der Waals surface area contributed by atoms with E-state index in [0.717, 1.165) is 24.8 Å². The molecule has 0 saturated heterocycles. The van der Waals surface area contributed by atoms with Gasteiger partial charge in [-0.1, -0.05) is 23.2 Å². The number of benzene rings is 1. The summed E-state index contributed by atoms with van der Waals surface area (Å²) in [6, 6.07) is 3.46. The summed E-state index contributed by atoms with van der Waals surface area (Å²) in [5.74, 6) is 0.614. The van der Waals surface area contributed by atoms with Crippen molar-refractivity contribution in [2.24, 2.45) is 0 Å². The Morgan fingerprint density at radius 3 is 2.74 bits per heavy atom. The van der Waals surface area contributed by atoms with E-state index in [1.807, 2.05) is 0 Å². The molecule has 0 bridgehead atoms. The summed E-state index contributed by atoms with van der Waals surface area (Å²) in [7, 11) is 1.54. The molecule has 0 atom stereocenters. The van der Waals surface area contributed by atoms with Crippen molar-refractivity contribution >= 4 is 35.2 Å². The van der Waals surface area contributed by atoms with Crippen LogP contribution < -0.4 is 15.8 Å². The van der Waals surface area contributed by atoms with E-state index >= 15 is 0 Å². The molecule has 9 heteroatoms. The van der Waals surface area contributed by atoms with Crippen molar-refractivity contribution in [2.75, 3.05) is 12.8 Å². The number of nitrogen functional groups attached to an aromatic ring is 1. The van der Waals surface area contributed by atoms with E-state index in [1.54, 1.807) is 17.0 Å². The number of aromatic nitrogens is 2. The minimum absolute atomic E-state index is 0.101. The van der Waals surface area contributed by atoms with E-state index in [0.29, 0.717) is 45.8 Å². The van der Waals surface area contributed by atoms with Crippen molar-refractivity contribution in [3.63, 3.8) is 0 Å². The lowest BCUT2D eigenvalue weighted by atomic mass is 9.93. The summed E-state index contributed by atoms with van der Waals surface area (Å²) in [6.07, 6.45) is 3.22. The molecule has 1 fully saturated rings. The van der Waals surface area contributed by atoms with Crippen LogP contribution >= 0.6 is 23.2 Å². The Hall–Kier alpha value is -2.25. The molecule has 4 rings (SSSR count). The zero-order valence-corrected chi connectivity index (χ0v) is 16.3. The quantitative estimate of drug-likeness (QED) is 0.809. The summed E-state index contributed by atoms with van der Waals surface area (Å²) in [6.45, 7) is 0.757. The number of carbonyl (C=O) groups is 1. The van der Waals surface area contributed by atoms with E-state index in [-0.39, 0.29) is 18.0 Å². The molecule has 2 aliphatic rings. The summed E-state index contributed by atoms with van der Waals surface area (Å²) in [5, 5.41) is 3.91. The fourth-order valence-electron chi connectivity index (χ4n) is 3.38. The predicted octanol–water partition coefficient (Wildman–Crippen LogP) is 3.62. The molecule has 0 spiro atoms. The molecule has 142 valence electrons. The molecule has 0 unspecified atom stereocenters. The number of ether oxygens (including phenoxy) is 1. The van der Waals surface area contributed by atoms with Crippen molar-refractivity contribution < 1.29 is 9.53 Å². The van der Waals surface area contributed by atoms with Crippen LogP contribution in [0.5, 0.6) is 5.75 Å². The van der Waals surface area contributed by atoms with Gasteiger partial charge in [-0.2, -0.15) is 0 Å². The molecule has 1 aliphatic carbocycles. The fraction of sp³-hybridized carbons (Fsp3) is 0.389. The third-order valence-corrected chi connectivity index (χ3v) is 5.51. The summed E-state index contributed by atoms with van der Waals surface area (Å²) >= 11 is 12.5. The van der Waals surface area contributed by atoms with Crippen LogP contribution in [0.15, 0.2) is 12.1 Å². The lowest BCUT2D eigenvalue weighted by Gasteiger charge is -2.28. The van der Waals surface area contributed by atoms with Crippen molar-refractivity contribution in [2.45, 2.75) is 38.4 Å². The molecule has 2 amide bonds. The highest BCUT2D eigenvalue weighted by Crippen LogP contribution is 2.42. The van der Waals surface area contributed by atoms with Gasteiger partial charge in [0.1, 0.15) is 5.75 Å². The van der Waals surface area contributed by atoms with Crippen molar-refractivity contribution in [3.8, 4) is 17.0 Å². The smallest absolute Gasteiger partial charge is 0.318 e. The number of nitrogens with two attached hydrogens (primary N) is 1. The molecule has 27 heavy (non-hydrogen) atoms. The maximum absolute atomic E-state index is 12.6. The number of nitrogens with zero attached hydrogens (tertiary/aromatic N) is 3. The summed E-state index contributed by atoms with van der Waals surface area (Å²) < 4.78 is 5.45. The van der Waals surface area contributed by atoms with Gasteiger partial charge in [0.15, 0.2) is 0 Å². The molecule has 0 radical (unpaired) electrons. The van der Waals surface area contributed by atoms with E-state index in [1.165, 1.54) is 7.11 Å². The van der Waals surface area contributed by atoms with Gasteiger partial charge in [0.2, 0.25) is 5.95 Å². The second-order valence-electron chi connectivity index (χ2n) is 6.75. The first-order chi connectivity index (χ1) is 13.0. The number of carbonyl (C=O) groups excluding carboxylic acids is 1. The zero-order valence-electron chi connectivity index (χ0n) is 14.8. The van der Waals surface area contributed by atoms with Crippen LogP contribution in [-0.2, 0) is 13.1 Å². The molecule has 2 heterocycles. The minimum atomic E-state index is -0.101. The maximum atomic E-state index is 12.6. The Morgan fingerprint density at radius 1 is 1.30 bits per heavy atom. The van der Waals surface area contributed by atoms with Gasteiger partial charge in [-0.05, 0) is 31.4 Å². The van der Waals surface area contributed by atoms with E-state index < -0.39 is 0 Å². The zero-order chi connectivity index (χ0) is 19.1. The first kappa shape index (κ1) is 18.1. The molecule has 7 nitrogen and oxygen atoms in total. The minimum Gasteiger partial charge on any atom is -0.496 e. The van der Waals surface area contributed by atoms with Crippen molar-refractivity contribution in [1.82, 2.24) is 20.2 Å². The molecule has 3 N–H and O–H groups in total. The fourth-order valence-corrected chi connectivity index (χ4v) is 3.95. The number of methoxy groups -OCH3 is 1. The highest BCUT2D eigenvalue weighted by molar-refractivity contribution is 6.37. The van der Waals surface area contributed by atoms with Gasteiger partial charge < -0.3 is 20.7 Å². The number of hydrogen-bond acceptors (Lipinski definition) is 5. The SMILES string of the molecule is COc1cc(Cl)cc(Cl)c1-c1nc(N)nc2c1CN(C(=O)NC1CCC1)C2. The van der Waals surface area contributed by atoms with Gasteiger partial charge in [0, 0.05) is 16.6 Å². The van der Waals surface area contributed by atoms with Crippen LogP contribution in [0.3, 0.4) is 0 Å². The molecule has 1 aromatic heterocycles. The topological polar surface area (TPSA) is 93.4 Å². The number of rotatable bonds is 3. The number of halogens is 2. The third kappa shape index (κ3) is 3.37. The number of urea groups is 1. The molecular formula is C18H19Cl2N5O2. The standard InChI is InChI=1S/C18H19Cl2N5O2/c1-27-14-6-9(19)5-12(20)15(14)16-11-7-25(8-13(11)23-17(21)24-16)18(26)22-10-3-2-4-10/h5-6,10H,2-4,7-8H2,1H3,(H,22,26)(H2,21,23,24). The molecule has 1 saturated carbocycles. The first-order valence-corrected chi connectivity index (χ1v) is 9.46. The number of fused-ring (bicyclic) bond motifs is 1. The first-order valence-electron chi connectivity index (χ1n) is 8.70. The lowest BCUT2D eigenvalue weighted by molar-refractivity contribution is 0.186. The monoisotopic (exact) mass is 407 g/mol. The van der Waals surface area contributed by atoms with Gasteiger partial charge in [0.25, 0.3) is 0 Å². The Bertz CT molecular complexity index is 917. The van der Waals surface area contributed by atoms with Crippen molar-refractivity contribution in [3.05, 3.63) is 33.4 Å². The van der Waals surface area contributed by atoms with E-state index in [9.17, 15) is 4.79 Å². The predicted molar refractivity (Wildman–Crippen MR) is 104 cm³/mol. The normalized spacial score (nSPS) is 16.0. The lowest BCUT2D eigenvalue weighted by Crippen LogP contribution is -2.45. The Balaban J connectivity index is 1.71. The number of amides is 2. The van der Waals surface area contributed by atoms with Gasteiger partial charge >= 0.3 is 6.03 Å². The molecule has 1 aromatic carbocycles. The van der Waals surface area contributed by atoms with E-state index in [2.05, 4.69) is 15.3 Å². The Morgan fingerprint density at radius 2 is 2.07 bits per heavy atom. The largest absolute Gasteiger partial charge is 0.496 e. The molecular weight excluding hydrogens is 389 g/mol. The van der Waals surface area contributed by atoms with Crippen LogP contribution in [0.2, 0.25) is 10.0 Å². The van der Waals surface area contributed by atoms with Crippen LogP contribution in [0, 0.1) is 0 Å². The molecule has 2 aromatic rings. The number of hydrogen-bond donors (Lipinski definition) is 2. The highest BCUT2D eigenvalue weighted by Gasteiger charge is 2.32. The number of anilines is 1. The van der Waals surface area contributed by atoms with Gasteiger partial charge in [0.05, 0.1) is 42.2 Å². The average molecular weight is 408 g/mol. The van der Waals surface area contributed by atoms with Crippen molar-refractivity contribution in [1.29, 1.82) is 0 Å². The van der Waals surface area contributed by atoms with Crippen LogP contribution in [-0.4, -0.2) is 34.1 Å². The Labute approximate surface area is 166 Å². The van der Waals surface area contributed by atoms with Gasteiger partial charge in [-0.25, -0.2) is 14.8 Å². The van der Waals surface area contributed by atoms with Gasteiger partial charge in [-0.3, -0.25) is 0 Å². The summed E-state index contributed by atoms with van der Waals surface area (Å²) in [5.41, 5.74) is 8.61. The van der Waals surface area contributed by atoms with Crippen LogP contribution in [0.25, 0.3) is 11.3 Å². The second kappa shape index (κ2) is 7.05. The van der Waals surface area contributed by atoms with Gasteiger partial charge in [-0.15, -0.1) is 0 Å². The second-order valence-corrected chi connectivity index (χ2v) is 7.60. The van der Waals surface area contributed by atoms with E-state index in [4.69, 9.17) is 33.7 Å². The summed E-state index contributed by atoms with van der Waals surface area (Å²) in [4.78, 5) is 23.0. The number of nitrogens with one attached hydrogen (secondary N) is 1. The van der Waals surface area contributed by atoms with Crippen LogP contribution in [0.1, 0.15) is 30.5 Å². The average Bonchev–Trinajstić information content (AvgIpc) is 3.00.